The van der Waals surface area contributed by atoms with Gasteiger partial charge >= 0.3 is 0 Å². The van der Waals surface area contributed by atoms with Gasteiger partial charge < -0.3 is 9.84 Å². The molecular weight excluding hydrogens is 200 g/mol. The van der Waals surface area contributed by atoms with E-state index in [1.807, 2.05) is 25.1 Å². The summed E-state index contributed by atoms with van der Waals surface area (Å²) in [6.45, 7) is 4.32. The van der Waals surface area contributed by atoms with Gasteiger partial charge in [0.1, 0.15) is 5.75 Å². The minimum absolute atomic E-state index is 0.512. The van der Waals surface area contributed by atoms with Gasteiger partial charge in [0.25, 0.3) is 0 Å². The zero-order valence-electron chi connectivity index (χ0n) is 9.86. The number of rotatable bonds is 5. The van der Waals surface area contributed by atoms with Gasteiger partial charge in [0, 0.05) is 12.0 Å². The molecule has 0 fully saturated rings. The minimum Gasteiger partial charge on any atom is -0.493 e. The molecule has 2 nitrogen and oxygen atoms in total. The van der Waals surface area contributed by atoms with E-state index in [2.05, 4.69) is 5.92 Å². The number of hydrogen-bond acceptors (Lipinski definition) is 2. The fraction of sp³-hybridized carbons (Fsp3) is 0.429. The van der Waals surface area contributed by atoms with Crippen LogP contribution < -0.4 is 4.74 Å². The predicted molar refractivity (Wildman–Crippen MR) is 65.4 cm³/mol. The lowest BCUT2D eigenvalue weighted by Crippen LogP contribution is -2.02. The van der Waals surface area contributed by atoms with Crippen molar-refractivity contribution in [2.75, 3.05) is 6.61 Å². The van der Waals surface area contributed by atoms with Gasteiger partial charge in [0.15, 0.2) is 0 Å². The van der Waals surface area contributed by atoms with Crippen molar-refractivity contribution in [1.82, 2.24) is 0 Å². The standard InChI is InChI=1S/C14H18O2/c1-4-5-6-9-16-14-8-7-11(2)10-13(14)12(3)15/h1,7-8,10,12,15H,5-6,9H2,2-3H3/t12-/m1/s1. The first-order valence-corrected chi connectivity index (χ1v) is 5.50. The Morgan fingerprint density at radius 1 is 1.50 bits per heavy atom. The van der Waals surface area contributed by atoms with Gasteiger partial charge in [0.2, 0.25) is 0 Å². The molecule has 0 aliphatic carbocycles. The molecule has 0 unspecified atom stereocenters. The molecule has 0 amide bonds. The molecule has 16 heavy (non-hydrogen) atoms. The average Bonchev–Trinajstić information content (AvgIpc) is 2.26. The van der Waals surface area contributed by atoms with Gasteiger partial charge in [-0.25, -0.2) is 0 Å². The second kappa shape index (κ2) is 6.19. The lowest BCUT2D eigenvalue weighted by atomic mass is 10.1. The van der Waals surface area contributed by atoms with Gasteiger partial charge in [0.05, 0.1) is 12.7 Å². The molecule has 0 spiro atoms. The second-order valence-electron chi connectivity index (χ2n) is 3.87. The molecule has 1 atom stereocenters. The van der Waals surface area contributed by atoms with E-state index in [0.29, 0.717) is 6.61 Å². The third kappa shape index (κ3) is 3.60. The Morgan fingerprint density at radius 3 is 2.88 bits per heavy atom. The van der Waals surface area contributed by atoms with Gasteiger partial charge in [-0.2, -0.15) is 0 Å². The van der Waals surface area contributed by atoms with E-state index in [1.54, 1.807) is 6.92 Å². The van der Waals surface area contributed by atoms with Crippen LogP contribution in [0.15, 0.2) is 18.2 Å². The average molecular weight is 218 g/mol. The first-order chi connectivity index (χ1) is 7.65. The molecule has 2 heteroatoms. The molecular formula is C14H18O2. The number of aliphatic hydroxyl groups excluding tert-OH is 1. The highest BCUT2D eigenvalue weighted by Crippen LogP contribution is 2.26. The number of aryl methyl sites for hydroxylation is 1. The molecule has 0 bridgehead atoms. The number of aliphatic hydroxyl groups is 1. The summed E-state index contributed by atoms with van der Waals surface area (Å²) in [5.41, 5.74) is 1.95. The number of hydrogen-bond donors (Lipinski definition) is 1. The first kappa shape index (κ1) is 12.6. The summed E-state index contributed by atoms with van der Waals surface area (Å²) in [4.78, 5) is 0. The number of unbranched alkanes of at least 4 members (excludes halogenated alkanes) is 1. The van der Waals surface area contributed by atoms with Gasteiger partial charge in [-0.1, -0.05) is 11.6 Å². The predicted octanol–water partition coefficient (Wildman–Crippen LogP) is 2.84. The molecule has 0 saturated carbocycles. The highest BCUT2D eigenvalue weighted by Gasteiger charge is 2.08. The summed E-state index contributed by atoms with van der Waals surface area (Å²) in [5, 5.41) is 9.62. The zero-order valence-corrected chi connectivity index (χ0v) is 9.86. The molecule has 86 valence electrons. The zero-order chi connectivity index (χ0) is 12.0. The SMILES string of the molecule is C#CCCCOc1ccc(C)cc1[C@@H](C)O. The Bertz CT molecular complexity index is 375. The Hall–Kier alpha value is -1.46. The third-order valence-corrected chi connectivity index (χ3v) is 2.34. The smallest absolute Gasteiger partial charge is 0.125 e. The van der Waals surface area contributed by atoms with Crippen molar-refractivity contribution < 1.29 is 9.84 Å². The van der Waals surface area contributed by atoms with E-state index in [-0.39, 0.29) is 0 Å². The number of terminal acetylenes is 1. The van der Waals surface area contributed by atoms with E-state index < -0.39 is 6.10 Å². The lowest BCUT2D eigenvalue weighted by molar-refractivity contribution is 0.191. The maximum absolute atomic E-state index is 9.62. The molecule has 1 aromatic carbocycles. The largest absolute Gasteiger partial charge is 0.493 e. The van der Waals surface area contributed by atoms with E-state index in [9.17, 15) is 5.11 Å². The molecule has 1 aromatic rings. The van der Waals surface area contributed by atoms with Crippen LogP contribution in [0, 0.1) is 19.3 Å². The van der Waals surface area contributed by atoms with Crippen molar-refractivity contribution >= 4 is 0 Å². The summed E-state index contributed by atoms with van der Waals surface area (Å²) >= 11 is 0. The fourth-order valence-electron chi connectivity index (χ4n) is 1.48. The quantitative estimate of drug-likeness (QED) is 0.608. The van der Waals surface area contributed by atoms with Crippen molar-refractivity contribution in [1.29, 1.82) is 0 Å². The van der Waals surface area contributed by atoms with Crippen LogP contribution >= 0.6 is 0 Å². The highest BCUT2D eigenvalue weighted by molar-refractivity contribution is 5.38. The molecule has 0 aliphatic rings. The molecule has 0 radical (unpaired) electrons. The van der Waals surface area contributed by atoms with Crippen LogP contribution in [0.25, 0.3) is 0 Å². The van der Waals surface area contributed by atoms with Crippen molar-refractivity contribution in [3.05, 3.63) is 29.3 Å². The van der Waals surface area contributed by atoms with E-state index >= 15 is 0 Å². The highest BCUT2D eigenvalue weighted by atomic mass is 16.5. The minimum atomic E-state index is -0.512. The van der Waals surface area contributed by atoms with Crippen LogP contribution in [0.3, 0.4) is 0 Å². The van der Waals surface area contributed by atoms with Crippen molar-refractivity contribution in [2.45, 2.75) is 32.8 Å². The summed E-state index contributed by atoms with van der Waals surface area (Å²) < 4.78 is 5.60. The summed E-state index contributed by atoms with van der Waals surface area (Å²) in [5.74, 6) is 3.32. The van der Waals surface area contributed by atoms with Crippen molar-refractivity contribution in [3.8, 4) is 18.1 Å². The molecule has 1 rings (SSSR count). The monoisotopic (exact) mass is 218 g/mol. The summed E-state index contributed by atoms with van der Waals surface area (Å²) in [6.07, 6.45) is 6.20. The van der Waals surface area contributed by atoms with Crippen LogP contribution in [-0.4, -0.2) is 11.7 Å². The Labute approximate surface area is 97.3 Å². The normalized spacial score (nSPS) is 11.9. The van der Waals surface area contributed by atoms with E-state index in [0.717, 1.165) is 29.7 Å². The first-order valence-electron chi connectivity index (χ1n) is 5.50. The number of ether oxygens (including phenoxy) is 1. The van der Waals surface area contributed by atoms with Crippen LogP contribution in [0.2, 0.25) is 0 Å². The second-order valence-corrected chi connectivity index (χ2v) is 3.87. The van der Waals surface area contributed by atoms with Crippen LogP contribution in [0.5, 0.6) is 5.75 Å². The van der Waals surface area contributed by atoms with Crippen LogP contribution in [0.1, 0.15) is 37.0 Å². The summed E-state index contributed by atoms with van der Waals surface area (Å²) in [6, 6.07) is 5.82. The van der Waals surface area contributed by atoms with Gasteiger partial charge in [-0.3, -0.25) is 0 Å². The Morgan fingerprint density at radius 2 is 2.25 bits per heavy atom. The van der Waals surface area contributed by atoms with Gasteiger partial charge in [-0.15, -0.1) is 12.3 Å². The molecule has 0 heterocycles. The fourth-order valence-corrected chi connectivity index (χ4v) is 1.48. The number of benzene rings is 1. The topological polar surface area (TPSA) is 29.5 Å². The van der Waals surface area contributed by atoms with Gasteiger partial charge in [-0.05, 0) is 32.4 Å². The third-order valence-electron chi connectivity index (χ3n) is 2.34. The van der Waals surface area contributed by atoms with E-state index in [4.69, 9.17) is 11.2 Å². The lowest BCUT2D eigenvalue weighted by Gasteiger charge is -2.13. The molecule has 0 aliphatic heterocycles. The van der Waals surface area contributed by atoms with Crippen molar-refractivity contribution in [2.24, 2.45) is 0 Å². The van der Waals surface area contributed by atoms with Crippen LogP contribution in [-0.2, 0) is 0 Å². The Kier molecular flexibility index (Phi) is 4.88. The molecule has 1 N–H and O–H groups in total. The molecule has 0 saturated heterocycles. The molecule has 0 aromatic heterocycles. The maximum atomic E-state index is 9.62. The van der Waals surface area contributed by atoms with E-state index in [1.165, 1.54) is 0 Å². The van der Waals surface area contributed by atoms with Crippen LogP contribution in [0.4, 0.5) is 0 Å². The maximum Gasteiger partial charge on any atom is 0.125 e. The Balaban J connectivity index is 2.68. The van der Waals surface area contributed by atoms with Crippen molar-refractivity contribution in [3.63, 3.8) is 0 Å². The summed E-state index contributed by atoms with van der Waals surface area (Å²) in [7, 11) is 0.